The fourth-order valence-electron chi connectivity index (χ4n) is 4.54. The largest absolute Gasteiger partial charge is 0.465 e. The van der Waals surface area contributed by atoms with E-state index in [9.17, 15) is 20.0 Å². The first kappa shape index (κ1) is 20.5. The van der Waals surface area contributed by atoms with Crippen molar-refractivity contribution in [1.82, 2.24) is 24.6 Å². The second-order valence-corrected chi connectivity index (χ2v) is 8.19. The number of fused-ring (bicyclic) bond motifs is 2. The minimum Gasteiger partial charge on any atom is -0.465 e. The van der Waals surface area contributed by atoms with Crippen LogP contribution in [0.2, 0.25) is 0 Å². The molecule has 0 aliphatic carbocycles. The Balaban J connectivity index is 1.60. The molecule has 33 heavy (non-hydrogen) atoms. The van der Waals surface area contributed by atoms with E-state index < -0.39 is 11.6 Å². The number of likely N-dealkylation sites (tertiary alicyclic amines) is 1. The maximum atomic E-state index is 12.8. The van der Waals surface area contributed by atoms with E-state index in [1.54, 1.807) is 23.1 Å². The van der Waals surface area contributed by atoms with Crippen molar-refractivity contribution in [3.05, 3.63) is 59.1 Å². The van der Waals surface area contributed by atoms with Crippen LogP contribution in [0.3, 0.4) is 0 Å². The first-order valence-corrected chi connectivity index (χ1v) is 10.6. The third-order valence-corrected chi connectivity index (χ3v) is 6.29. The second kappa shape index (κ2) is 7.94. The van der Waals surface area contributed by atoms with Crippen LogP contribution in [-0.2, 0) is 5.54 Å². The molecule has 1 fully saturated rings. The highest BCUT2D eigenvalue weighted by Gasteiger charge is 2.40. The molecule has 5 rings (SSSR count). The molecular formula is C23H21N7O3. The summed E-state index contributed by atoms with van der Waals surface area (Å²) in [6.45, 7) is 0.587. The summed E-state index contributed by atoms with van der Waals surface area (Å²) in [5, 5.41) is 28.3. The molecule has 1 aliphatic heterocycles. The molecule has 0 spiro atoms. The third kappa shape index (κ3) is 3.53. The monoisotopic (exact) mass is 443 g/mol. The molecule has 3 N–H and O–H groups in total. The van der Waals surface area contributed by atoms with Crippen molar-refractivity contribution in [1.29, 1.82) is 5.26 Å². The second-order valence-electron chi connectivity index (χ2n) is 8.19. The van der Waals surface area contributed by atoms with Gasteiger partial charge in [-0.3, -0.25) is 14.5 Å². The van der Waals surface area contributed by atoms with Crippen molar-refractivity contribution in [2.45, 2.75) is 24.8 Å². The van der Waals surface area contributed by atoms with E-state index in [1.807, 2.05) is 30.3 Å². The zero-order chi connectivity index (χ0) is 23.0. The highest BCUT2D eigenvalue weighted by Crippen LogP contribution is 2.37. The zero-order valence-corrected chi connectivity index (χ0v) is 17.7. The molecule has 4 aromatic rings. The minimum atomic E-state index is -0.976. The van der Waals surface area contributed by atoms with E-state index in [4.69, 9.17) is 5.10 Å². The quantitative estimate of drug-likeness (QED) is 0.439. The maximum Gasteiger partial charge on any atom is 0.407 e. The number of nitrogens with one attached hydrogen (secondary N) is 2. The van der Waals surface area contributed by atoms with Gasteiger partial charge >= 0.3 is 6.09 Å². The lowest BCUT2D eigenvalue weighted by Crippen LogP contribution is -2.48. The zero-order valence-electron chi connectivity index (χ0n) is 17.7. The number of rotatable bonds is 4. The Kier molecular flexibility index (Phi) is 4.94. The molecule has 0 radical (unpaired) electrons. The van der Waals surface area contributed by atoms with Gasteiger partial charge < -0.3 is 20.3 Å². The lowest BCUT2D eigenvalue weighted by molar-refractivity contribution is 0.0912. The fourth-order valence-corrected chi connectivity index (χ4v) is 4.54. The van der Waals surface area contributed by atoms with Crippen molar-refractivity contribution in [2.75, 3.05) is 18.4 Å². The van der Waals surface area contributed by atoms with Crippen molar-refractivity contribution in [3.8, 4) is 6.07 Å². The van der Waals surface area contributed by atoms with E-state index in [2.05, 4.69) is 21.4 Å². The molecule has 0 unspecified atom stereocenters. The van der Waals surface area contributed by atoms with Gasteiger partial charge in [0.05, 0.1) is 29.1 Å². The van der Waals surface area contributed by atoms with E-state index in [1.165, 1.54) is 4.90 Å². The average molecular weight is 443 g/mol. The number of aromatic amines is 1. The van der Waals surface area contributed by atoms with Gasteiger partial charge in [-0.1, -0.05) is 6.07 Å². The van der Waals surface area contributed by atoms with E-state index >= 15 is 0 Å². The van der Waals surface area contributed by atoms with Gasteiger partial charge in [-0.05, 0) is 43.2 Å². The molecule has 1 saturated heterocycles. The number of amides is 1. The van der Waals surface area contributed by atoms with Gasteiger partial charge in [0.25, 0.3) is 5.56 Å². The maximum absolute atomic E-state index is 12.8. The molecule has 166 valence electrons. The number of anilines is 2. The molecule has 0 saturated carbocycles. The molecule has 1 aromatic carbocycles. The third-order valence-electron chi connectivity index (χ3n) is 6.29. The molecule has 1 amide bonds. The highest BCUT2D eigenvalue weighted by molar-refractivity contribution is 5.92. The number of nitriles is 1. The minimum absolute atomic E-state index is 0.158. The van der Waals surface area contributed by atoms with E-state index in [0.29, 0.717) is 42.7 Å². The SMILES string of the molecule is N#CCC1(n2nc(Nc3ccc4ncccc4c3)c3c(=O)[nH]ccc32)CCN(C(=O)O)CC1. The van der Waals surface area contributed by atoms with Gasteiger partial charge in [0.15, 0.2) is 5.82 Å². The Morgan fingerprint density at radius 3 is 2.85 bits per heavy atom. The Labute approximate surface area is 188 Å². The number of pyridine rings is 2. The molecule has 10 nitrogen and oxygen atoms in total. The van der Waals surface area contributed by atoms with Gasteiger partial charge in [-0.2, -0.15) is 10.4 Å². The molecule has 10 heteroatoms. The number of nitrogens with zero attached hydrogens (tertiary/aromatic N) is 5. The molecule has 0 atom stereocenters. The van der Waals surface area contributed by atoms with Crippen LogP contribution in [0.5, 0.6) is 0 Å². The van der Waals surface area contributed by atoms with Crippen molar-refractivity contribution in [2.24, 2.45) is 0 Å². The van der Waals surface area contributed by atoms with E-state index in [0.717, 1.165) is 16.6 Å². The summed E-state index contributed by atoms with van der Waals surface area (Å²) in [6, 6.07) is 13.5. The Hall–Kier alpha value is -4.39. The summed E-state index contributed by atoms with van der Waals surface area (Å²) in [5.41, 5.74) is 1.20. The van der Waals surface area contributed by atoms with Crippen LogP contribution in [0.25, 0.3) is 21.8 Å². The van der Waals surface area contributed by atoms with Crippen LogP contribution < -0.4 is 10.9 Å². The number of aromatic nitrogens is 4. The van der Waals surface area contributed by atoms with Crippen LogP contribution in [-0.4, -0.2) is 48.9 Å². The van der Waals surface area contributed by atoms with Crippen molar-refractivity contribution >= 4 is 39.4 Å². The fraction of sp³-hybridized carbons (Fsp3) is 0.261. The van der Waals surface area contributed by atoms with Gasteiger partial charge in [0, 0.05) is 36.6 Å². The predicted octanol–water partition coefficient (Wildman–Crippen LogP) is 3.40. The van der Waals surface area contributed by atoms with Gasteiger partial charge in [-0.25, -0.2) is 4.79 Å². The summed E-state index contributed by atoms with van der Waals surface area (Å²) in [5.74, 6) is 0.382. The van der Waals surface area contributed by atoms with Gasteiger partial charge in [0.1, 0.15) is 5.39 Å². The predicted molar refractivity (Wildman–Crippen MR) is 122 cm³/mol. The van der Waals surface area contributed by atoms with Crippen LogP contribution in [0.4, 0.5) is 16.3 Å². The first-order valence-electron chi connectivity index (χ1n) is 10.6. The van der Waals surface area contributed by atoms with E-state index in [-0.39, 0.29) is 12.0 Å². The molecule has 3 aromatic heterocycles. The summed E-state index contributed by atoms with van der Waals surface area (Å²) in [6.07, 6.45) is 3.32. The van der Waals surface area contributed by atoms with Crippen LogP contribution >= 0.6 is 0 Å². The highest BCUT2D eigenvalue weighted by atomic mass is 16.4. The summed E-state index contributed by atoms with van der Waals surface area (Å²) in [4.78, 5) is 32.6. The number of carbonyl (C=O) groups is 1. The Morgan fingerprint density at radius 2 is 2.09 bits per heavy atom. The van der Waals surface area contributed by atoms with Crippen LogP contribution in [0.1, 0.15) is 19.3 Å². The number of piperidine rings is 1. The topological polar surface area (TPSA) is 140 Å². The number of carboxylic acid groups (broad SMARTS) is 1. The van der Waals surface area contributed by atoms with Crippen molar-refractivity contribution < 1.29 is 9.90 Å². The lowest BCUT2D eigenvalue weighted by atomic mass is 9.85. The summed E-state index contributed by atoms with van der Waals surface area (Å²) >= 11 is 0. The Bertz CT molecular complexity index is 1460. The van der Waals surface area contributed by atoms with Crippen molar-refractivity contribution in [3.63, 3.8) is 0 Å². The lowest BCUT2D eigenvalue weighted by Gasteiger charge is -2.40. The number of H-pyrrole nitrogens is 1. The average Bonchev–Trinajstić information content (AvgIpc) is 3.20. The normalized spacial score (nSPS) is 15.4. The van der Waals surface area contributed by atoms with Crippen LogP contribution in [0.15, 0.2) is 53.6 Å². The molecule has 0 bridgehead atoms. The summed E-state index contributed by atoms with van der Waals surface area (Å²) in [7, 11) is 0. The number of benzene rings is 1. The standard InChI is InChI=1S/C23H21N7O3/c24-9-6-23(7-12-29(13-8-23)22(32)33)30-18-5-11-26-21(31)19(18)20(28-30)27-16-3-4-17-15(14-16)2-1-10-25-17/h1-5,10-11,14H,6-8,12-13H2,(H,26,31)(H,27,28)(H,32,33). The number of hydrogen-bond acceptors (Lipinski definition) is 6. The number of hydrogen-bond donors (Lipinski definition) is 3. The molecule has 4 heterocycles. The Morgan fingerprint density at radius 1 is 1.27 bits per heavy atom. The first-order chi connectivity index (χ1) is 16.0. The molecule has 1 aliphatic rings. The molecular weight excluding hydrogens is 422 g/mol. The smallest absolute Gasteiger partial charge is 0.407 e. The van der Waals surface area contributed by atoms with Gasteiger partial charge in [0.2, 0.25) is 0 Å². The summed E-state index contributed by atoms with van der Waals surface area (Å²) < 4.78 is 1.74. The van der Waals surface area contributed by atoms with Gasteiger partial charge in [-0.15, -0.1) is 0 Å². The van der Waals surface area contributed by atoms with Crippen LogP contribution in [0, 0.1) is 11.3 Å².